The number of benzene rings is 1. The predicted octanol–water partition coefficient (Wildman–Crippen LogP) is 1.79. The lowest BCUT2D eigenvalue weighted by Gasteiger charge is -2.09. The highest BCUT2D eigenvalue weighted by Crippen LogP contribution is 2.18. The van der Waals surface area contributed by atoms with Crippen LogP contribution in [0.15, 0.2) is 16.9 Å². The molecule has 2 rings (SSSR count). The number of H-pyrrole nitrogens is 1. The van der Waals surface area contributed by atoms with E-state index in [9.17, 15) is 4.79 Å². The van der Waals surface area contributed by atoms with Crippen molar-refractivity contribution in [1.29, 1.82) is 0 Å². The highest BCUT2D eigenvalue weighted by Gasteiger charge is 2.09. The molecule has 1 aromatic heterocycles. The predicted molar refractivity (Wildman–Crippen MR) is 63.1 cm³/mol. The van der Waals surface area contributed by atoms with Crippen molar-refractivity contribution in [1.82, 2.24) is 14.8 Å². The van der Waals surface area contributed by atoms with Crippen LogP contribution < -0.4 is 5.69 Å². The number of rotatable bonds is 1. The molecule has 1 aromatic carbocycles. The molecule has 4 heteroatoms. The lowest BCUT2D eigenvalue weighted by Crippen LogP contribution is -2.17. The Hall–Kier alpha value is -1.84. The fraction of sp³-hybridized carbons (Fsp3) is 0.333. The average Bonchev–Trinajstić information content (AvgIpc) is 2.55. The summed E-state index contributed by atoms with van der Waals surface area (Å²) < 4.78 is 1.41. The molecule has 84 valence electrons. The molecule has 0 unspecified atom stereocenters. The third-order valence-electron chi connectivity index (χ3n) is 2.99. The molecule has 0 aliphatic carbocycles. The van der Waals surface area contributed by atoms with E-state index in [2.05, 4.69) is 23.9 Å². The van der Waals surface area contributed by atoms with Crippen molar-refractivity contribution in [2.75, 3.05) is 0 Å². The standard InChI is InChI=1S/C12H15N3O/c1-7-5-6-11(9(3)8(7)2)15-12(16)13-10(4)14-15/h5-6H,1-4H3,(H,13,14,16). The first-order valence-corrected chi connectivity index (χ1v) is 5.24. The van der Waals surface area contributed by atoms with Gasteiger partial charge in [0.15, 0.2) is 0 Å². The number of nitrogens with one attached hydrogen (secondary N) is 1. The zero-order valence-electron chi connectivity index (χ0n) is 9.96. The fourth-order valence-electron chi connectivity index (χ4n) is 1.76. The molecule has 1 N–H and O–H groups in total. The van der Waals surface area contributed by atoms with Gasteiger partial charge in [0.05, 0.1) is 5.69 Å². The van der Waals surface area contributed by atoms with Gasteiger partial charge >= 0.3 is 5.69 Å². The first-order valence-electron chi connectivity index (χ1n) is 5.24. The molecule has 0 fully saturated rings. The topological polar surface area (TPSA) is 50.7 Å². The minimum absolute atomic E-state index is 0.191. The summed E-state index contributed by atoms with van der Waals surface area (Å²) in [6, 6.07) is 3.94. The first kappa shape index (κ1) is 10.7. The third kappa shape index (κ3) is 1.56. The van der Waals surface area contributed by atoms with Crippen molar-refractivity contribution in [2.24, 2.45) is 0 Å². The van der Waals surface area contributed by atoms with Gasteiger partial charge in [-0.15, -0.1) is 0 Å². The lowest BCUT2D eigenvalue weighted by molar-refractivity contribution is 0.824. The fourth-order valence-corrected chi connectivity index (χ4v) is 1.76. The van der Waals surface area contributed by atoms with Gasteiger partial charge < -0.3 is 0 Å². The zero-order chi connectivity index (χ0) is 11.9. The van der Waals surface area contributed by atoms with E-state index in [1.807, 2.05) is 19.1 Å². The average molecular weight is 217 g/mol. The Bertz CT molecular complexity index is 593. The molecule has 16 heavy (non-hydrogen) atoms. The van der Waals surface area contributed by atoms with Gasteiger partial charge in [0, 0.05) is 0 Å². The molecule has 0 saturated carbocycles. The number of aryl methyl sites for hydroxylation is 2. The van der Waals surface area contributed by atoms with Gasteiger partial charge in [0.2, 0.25) is 0 Å². The van der Waals surface area contributed by atoms with Crippen molar-refractivity contribution in [3.8, 4) is 5.69 Å². The van der Waals surface area contributed by atoms with E-state index in [1.165, 1.54) is 15.8 Å². The summed E-state index contributed by atoms with van der Waals surface area (Å²) in [5, 5.41) is 4.16. The van der Waals surface area contributed by atoms with Gasteiger partial charge in [-0.3, -0.25) is 4.98 Å². The second-order valence-electron chi connectivity index (χ2n) is 4.08. The van der Waals surface area contributed by atoms with E-state index in [0.717, 1.165) is 11.3 Å². The quantitative estimate of drug-likeness (QED) is 0.791. The summed E-state index contributed by atoms with van der Waals surface area (Å²) in [4.78, 5) is 14.3. The Morgan fingerprint density at radius 2 is 1.81 bits per heavy atom. The summed E-state index contributed by atoms with van der Waals surface area (Å²) in [7, 11) is 0. The highest BCUT2D eigenvalue weighted by molar-refractivity contribution is 5.47. The van der Waals surface area contributed by atoms with Crippen molar-refractivity contribution in [3.05, 3.63) is 45.1 Å². The molecule has 0 saturated heterocycles. The maximum absolute atomic E-state index is 11.6. The molecular weight excluding hydrogens is 202 g/mol. The van der Waals surface area contributed by atoms with E-state index in [-0.39, 0.29) is 5.69 Å². The summed E-state index contributed by atoms with van der Waals surface area (Å²) >= 11 is 0. The highest BCUT2D eigenvalue weighted by atomic mass is 16.1. The summed E-state index contributed by atoms with van der Waals surface area (Å²) in [6.07, 6.45) is 0. The molecule has 0 radical (unpaired) electrons. The number of aromatic amines is 1. The van der Waals surface area contributed by atoms with Crippen LogP contribution in [0.4, 0.5) is 0 Å². The number of hydrogen-bond acceptors (Lipinski definition) is 2. The third-order valence-corrected chi connectivity index (χ3v) is 2.99. The van der Waals surface area contributed by atoms with Crippen LogP contribution in [0.1, 0.15) is 22.5 Å². The Balaban J connectivity index is 2.70. The number of aromatic nitrogens is 3. The van der Waals surface area contributed by atoms with E-state index in [0.29, 0.717) is 5.82 Å². The van der Waals surface area contributed by atoms with Gasteiger partial charge in [-0.2, -0.15) is 9.78 Å². The second kappa shape index (κ2) is 3.63. The van der Waals surface area contributed by atoms with Gasteiger partial charge in [0.25, 0.3) is 0 Å². The van der Waals surface area contributed by atoms with Crippen molar-refractivity contribution < 1.29 is 0 Å². The summed E-state index contributed by atoms with van der Waals surface area (Å²) in [5.74, 6) is 0.627. The largest absolute Gasteiger partial charge is 0.348 e. The molecule has 2 aromatic rings. The Morgan fingerprint density at radius 1 is 1.12 bits per heavy atom. The Morgan fingerprint density at radius 3 is 2.38 bits per heavy atom. The van der Waals surface area contributed by atoms with Gasteiger partial charge in [0.1, 0.15) is 5.82 Å². The Labute approximate surface area is 93.9 Å². The van der Waals surface area contributed by atoms with Gasteiger partial charge in [-0.25, -0.2) is 4.79 Å². The second-order valence-corrected chi connectivity index (χ2v) is 4.08. The minimum atomic E-state index is -0.191. The van der Waals surface area contributed by atoms with E-state index in [1.54, 1.807) is 6.92 Å². The monoisotopic (exact) mass is 217 g/mol. The molecule has 0 atom stereocenters. The van der Waals surface area contributed by atoms with Crippen molar-refractivity contribution in [2.45, 2.75) is 27.7 Å². The van der Waals surface area contributed by atoms with Crippen LogP contribution >= 0.6 is 0 Å². The Kier molecular flexibility index (Phi) is 2.42. The molecule has 0 bridgehead atoms. The normalized spacial score (nSPS) is 10.8. The zero-order valence-corrected chi connectivity index (χ0v) is 9.96. The summed E-state index contributed by atoms with van der Waals surface area (Å²) in [6.45, 7) is 7.89. The van der Waals surface area contributed by atoms with Crippen molar-refractivity contribution in [3.63, 3.8) is 0 Å². The molecule has 0 spiro atoms. The van der Waals surface area contributed by atoms with Crippen LogP contribution in [0, 0.1) is 27.7 Å². The smallest absolute Gasteiger partial charge is 0.293 e. The van der Waals surface area contributed by atoms with Crippen LogP contribution in [0.2, 0.25) is 0 Å². The van der Waals surface area contributed by atoms with Crippen molar-refractivity contribution >= 4 is 0 Å². The SMILES string of the molecule is Cc1nn(-c2ccc(C)c(C)c2C)c(=O)[nH]1. The van der Waals surface area contributed by atoms with Crippen LogP contribution in [0.5, 0.6) is 0 Å². The molecule has 0 aliphatic rings. The van der Waals surface area contributed by atoms with Crippen LogP contribution in [-0.2, 0) is 0 Å². The minimum Gasteiger partial charge on any atom is -0.293 e. The van der Waals surface area contributed by atoms with Gasteiger partial charge in [-0.1, -0.05) is 6.07 Å². The maximum atomic E-state index is 11.6. The molecule has 0 aliphatic heterocycles. The van der Waals surface area contributed by atoms with Crippen LogP contribution in [0.25, 0.3) is 5.69 Å². The summed E-state index contributed by atoms with van der Waals surface area (Å²) in [5.41, 5.74) is 4.17. The molecular formula is C12H15N3O. The maximum Gasteiger partial charge on any atom is 0.348 e. The van der Waals surface area contributed by atoms with Crippen LogP contribution in [-0.4, -0.2) is 14.8 Å². The molecule has 4 nitrogen and oxygen atoms in total. The molecule has 0 amide bonds. The van der Waals surface area contributed by atoms with Gasteiger partial charge in [-0.05, 0) is 50.5 Å². The van der Waals surface area contributed by atoms with E-state index < -0.39 is 0 Å². The lowest BCUT2D eigenvalue weighted by atomic mass is 10.0. The van der Waals surface area contributed by atoms with Crippen LogP contribution in [0.3, 0.4) is 0 Å². The molecule has 1 heterocycles. The number of hydrogen-bond donors (Lipinski definition) is 1. The van der Waals surface area contributed by atoms with E-state index in [4.69, 9.17) is 0 Å². The van der Waals surface area contributed by atoms with E-state index >= 15 is 0 Å². The first-order chi connectivity index (χ1) is 7.50. The number of nitrogens with zero attached hydrogens (tertiary/aromatic N) is 2.